The van der Waals surface area contributed by atoms with Gasteiger partial charge in [0.15, 0.2) is 21.5 Å². The summed E-state index contributed by atoms with van der Waals surface area (Å²) in [7, 11) is -2.00. The number of anilines is 1. The van der Waals surface area contributed by atoms with Crippen molar-refractivity contribution < 1.29 is 22.0 Å². The first-order valence-corrected chi connectivity index (χ1v) is 9.39. The molecule has 5 nitrogen and oxygen atoms in total. The third-order valence-electron chi connectivity index (χ3n) is 3.37. The zero-order chi connectivity index (χ0) is 18.9. The van der Waals surface area contributed by atoms with Crippen LogP contribution in [-0.4, -0.2) is 24.6 Å². The first-order valence-electron chi connectivity index (χ1n) is 7.36. The van der Waals surface area contributed by atoms with Gasteiger partial charge in [-0.1, -0.05) is 25.4 Å². The normalized spacial score (nSPS) is 11.8. The van der Waals surface area contributed by atoms with Crippen molar-refractivity contribution in [1.29, 1.82) is 0 Å². The van der Waals surface area contributed by atoms with E-state index in [1.807, 2.05) is 0 Å². The molecule has 9 heteroatoms. The Balaban J connectivity index is 2.29. The fourth-order valence-corrected chi connectivity index (χ4v) is 4.18. The lowest BCUT2D eigenvalue weighted by Gasteiger charge is -2.07. The van der Waals surface area contributed by atoms with Crippen LogP contribution in [-0.2, 0) is 16.9 Å². The number of sulfone groups is 1. The third kappa shape index (κ3) is 4.38. The van der Waals surface area contributed by atoms with Crippen molar-refractivity contribution in [3.63, 3.8) is 0 Å². The minimum absolute atomic E-state index is 0.0252. The van der Waals surface area contributed by atoms with E-state index in [0.717, 1.165) is 12.1 Å². The number of amides is 1. The van der Waals surface area contributed by atoms with Gasteiger partial charge in [-0.2, -0.15) is 0 Å². The molecule has 0 saturated carbocycles. The number of carbonyl (C=O) groups excluding carboxylic acids is 1. The molecule has 2 rings (SSSR count). The molecule has 0 bridgehead atoms. The van der Waals surface area contributed by atoms with E-state index in [0.29, 0.717) is 0 Å². The topological polar surface area (TPSA) is 68.2 Å². The van der Waals surface area contributed by atoms with Crippen LogP contribution in [0.5, 0.6) is 0 Å². The predicted octanol–water partition coefficient (Wildman–Crippen LogP) is 3.64. The van der Waals surface area contributed by atoms with Gasteiger partial charge < -0.3 is 9.88 Å². The highest BCUT2D eigenvalue weighted by Gasteiger charge is 2.22. The molecular formula is C16H17ClF2N2O3S. The van der Waals surface area contributed by atoms with Crippen molar-refractivity contribution in [2.45, 2.75) is 18.7 Å². The molecule has 1 N–H and O–H groups in total. The van der Waals surface area contributed by atoms with Crippen LogP contribution in [0.1, 0.15) is 24.3 Å². The Hall–Kier alpha value is -1.93. The maximum Gasteiger partial charge on any atom is 0.272 e. The monoisotopic (exact) mass is 390 g/mol. The molecule has 0 unspecified atom stereocenters. The number of hydrogen-bond acceptors (Lipinski definition) is 3. The quantitative estimate of drug-likeness (QED) is 0.792. The van der Waals surface area contributed by atoms with Gasteiger partial charge in [0.25, 0.3) is 5.91 Å². The second-order valence-corrected chi connectivity index (χ2v) is 8.50. The molecule has 0 spiro atoms. The van der Waals surface area contributed by atoms with Crippen LogP contribution in [0.2, 0.25) is 5.02 Å². The lowest BCUT2D eigenvalue weighted by molar-refractivity contribution is 0.101. The standard InChI is InChI=1S/C16H17ClF2N2O3S/c1-9(2)8-25(23,24)11-6-14(21(3)7-11)16(22)20-10-4-12(17)15(19)13(18)5-10/h4-7,9H,8H2,1-3H3,(H,20,22). The zero-order valence-electron chi connectivity index (χ0n) is 13.8. The summed E-state index contributed by atoms with van der Waals surface area (Å²) in [5.74, 6) is -3.19. The summed E-state index contributed by atoms with van der Waals surface area (Å²) in [5.41, 5.74) is 0.0184. The molecule has 0 aliphatic heterocycles. The van der Waals surface area contributed by atoms with E-state index in [9.17, 15) is 22.0 Å². The molecule has 0 aliphatic carbocycles. The number of nitrogens with zero attached hydrogens (tertiary/aromatic N) is 1. The lowest BCUT2D eigenvalue weighted by atomic mass is 10.3. The number of rotatable bonds is 5. The maximum absolute atomic E-state index is 13.4. The zero-order valence-corrected chi connectivity index (χ0v) is 15.4. The number of hydrogen-bond donors (Lipinski definition) is 1. The molecule has 0 fully saturated rings. The van der Waals surface area contributed by atoms with Crippen molar-refractivity contribution >= 4 is 33.0 Å². The van der Waals surface area contributed by atoms with Gasteiger partial charge >= 0.3 is 0 Å². The number of nitrogens with one attached hydrogen (secondary N) is 1. The van der Waals surface area contributed by atoms with E-state index < -0.39 is 32.4 Å². The highest BCUT2D eigenvalue weighted by Crippen LogP contribution is 2.24. The molecule has 1 aromatic carbocycles. The predicted molar refractivity (Wildman–Crippen MR) is 91.6 cm³/mol. The molecule has 1 heterocycles. The SMILES string of the molecule is CC(C)CS(=O)(=O)c1cc(C(=O)Nc2cc(F)c(F)c(Cl)c2)n(C)c1. The van der Waals surface area contributed by atoms with Gasteiger partial charge in [-0.15, -0.1) is 0 Å². The highest BCUT2D eigenvalue weighted by atomic mass is 35.5. The van der Waals surface area contributed by atoms with Crippen molar-refractivity contribution in [3.8, 4) is 0 Å². The largest absolute Gasteiger partial charge is 0.345 e. The summed E-state index contributed by atoms with van der Waals surface area (Å²) in [6.45, 7) is 3.56. The average molecular weight is 391 g/mol. The summed E-state index contributed by atoms with van der Waals surface area (Å²) in [4.78, 5) is 12.3. The van der Waals surface area contributed by atoms with Gasteiger partial charge in [-0.3, -0.25) is 4.79 Å². The molecular weight excluding hydrogens is 374 g/mol. The van der Waals surface area contributed by atoms with Gasteiger partial charge in [0.05, 0.1) is 15.7 Å². The van der Waals surface area contributed by atoms with Gasteiger partial charge in [0.2, 0.25) is 0 Å². The molecule has 2 aromatic rings. The van der Waals surface area contributed by atoms with Gasteiger partial charge in [-0.05, 0) is 18.1 Å². The molecule has 136 valence electrons. The Kier molecular flexibility index (Phi) is 5.53. The average Bonchev–Trinajstić information content (AvgIpc) is 2.86. The minimum Gasteiger partial charge on any atom is -0.345 e. The van der Waals surface area contributed by atoms with E-state index >= 15 is 0 Å². The van der Waals surface area contributed by atoms with Crippen molar-refractivity contribution in [2.75, 3.05) is 11.1 Å². The van der Waals surface area contributed by atoms with Gasteiger partial charge in [-0.25, -0.2) is 17.2 Å². The summed E-state index contributed by atoms with van der Waals surface area (Å²) < 4.78 is 52.4. The first kappa shape index (κ1) is 19.4. The Morgan fingerprint density at radius 2 is 1.92 bits per heavy atom. The van der Waals surface area contributed by atoms with Crippen molar-refractivity contribution in [2.24, 2.45) is 13.0 Å². The third-order valence-corrected chi connectivity index (χ3v) is 5.69. The summed E-state index contributed by atoms with van der Waals surface area (Å²) in [6, 6.07) is 3.10. The van der Waals surface area contributed by atoms with Crippen molar-refractivity contribution in [3.05, 3.63) is 46.7 Å². The fourth-order valence-electron chi connectivity index (χ4n) is 2.29. The summed E-state index contributed by atoms with van der Waals surface area (Å²) in [6.07, 6.45) is 1.34. The van der Waals surface area contributed by atoms with E-state index in [1.54, 1.807) is 13.8 Å². The molecule has 0 aliphatic rings. The summed E-state index contributed by atoms with van der Waals surface area (Å²) >= 11 is 5.54. The van der Waals surface area contributed by atoms with Crippen LogP contribution in [0, 0.1) is 17.6 Å². The Morgan fingerprint density at radius 3 is 2.48 bits per heavy atom. The van der Waals surface area contributed by atoms with Crippen LogP contribution in [0.25, 0.3) is 0 Å². The van der Waals surface area contributed by atoms with E-state index in [-0.39, 0.29) is 27.9 Å². The minimum atomic E-state index is -3.52. The summed E-state index contributed by atoms with van der Waals surface area (Å²) in [5, 5.41) is 1.90. The van der Waals surface area contributed by atoms with E-state index in [1.165, 1.54) is 23.9 Å². The van der Waals surface area contributed by atoms with Crippen molar-refractivity contribution in [1.82, 2.24) is 4.57 Å². The van der Waals surface area contributed by atoms with Crippen LogP contribution in [0.4, 0.5) is 14.5 Å². The molecule has 0 radical (unpaired) electrons. The molecule has 1 amide bonds. The number of aromatic nitrogens is 1. The number of carbonyl (C=O) groups is 1. The van der Waals surface area contributed by atoms with Crippen LogP contribution < -0.4 is 5.32 Å². The van der Waals surface area contributed by atoms with E-state index in [2.05, 4.69) is 5.32 Å². The Bertz CT molecular complexity index is 900. The molecule has 25 heavy (non-hydrogen) atoms. The Morgan fingerprint density at radius 1 is 1.28 bits per heavy atom. The number of halogens is 3. The second kappa shape index (κ2) is 7.13. The van der Waals surface area contributed by atoms with E-state index in [4.69, 9.17) is 11.6 Å². The maximum atomic E-state index is 13.4. The number of aryl methyl sites for hydroxylation is 1. The van der Waals surface area contributed by atoms with Crippen LogP contribution >= 0.6 is 11.6 Å². The fraction of sp³-hybridized carbons (Fsp3) is 0.312. The van der Waals surface area contributed by atoms with Gasteiger partial charge in [0, 0.05) is 25.0 Å². The highest BCUT2D eigenvalue weighted by molar-refractivity contribution is 7.91. The molecule has 1 aromatic heterocycles. The van der Waals surface area contributed by atoms with Crippen LogP contribution in [0.3, 0.4) is 0 Å². The first-order chi connectivity index (χ1) is 11.5. The smallest absolute Gasteiger partial charge is 0.272 e. The number of benzene rings is 1. The lowest BCUT2D eigenvalue weighted by Crippen LogP contribution is -2.15. The van der Waals surface area contributed by atoms with Gasteiger partial charge in [0.1, 0.15) is 5.69 Å². The van der Waals surface area contributed by atoms with Crippen LogP contribution in [0.15, 0.2) is 29.3 Å². The molecule has 0 saturated heterocycles. The molecule has 0 atom stereocenters. The Labute approximate surface area is 149 Å². The second-order valence-electron chi connectivity index (χ2n) is 6.06.